The van der Waals surface area contributed by atoms with E-state index in [0.717, 1.165) is 16.7 Å². The quantitative estimate of drug-likeness (QED) is 0.769. The summed E-state index contributed by atoms with van der Waals surface area (Å²) in [6, 6.07) is 14.7. The zero-order valence-electron chi connectivity index (χ0n) is 15.1. The summed E-state index contributed by atoms with van der Waals surface area (Å²) in [4.78, 5) is 0.477. The van der Waals surface area contributed by atoms with Gasteiger partial charge >= 0.3 is 0 Å². The molecule has 0 aliphatic heterocycles. The number of ether oxygens (including phenoxy) is 1. The van der Waals surface area contributed by atoms with Crippen molar-refractivity contribution < 1.29 is 13.2 Å². The Morgan fingerprint density at radius 1 is 1.08 bits per heavy atom. The second kappa shape index (κ2) is 6.76. The van der Waals surface area contributed by atoms with Crippen molar-refractivity contribution in [3.05, 3.63) is 65.2 Å². The summed E-state index contributed by atoms with van der Waals surface area (Å²) in [6.07, 6.45) is 0. The third kappa shape index (κ3) is 2.96. The first-order valence-electron chi connectivity index (χ1n) is 8.41. The van der Waals surface area contributed by atoms with Crippen molar-refractivity contribution in [2.45, 2.75) is 29.9 Å². The first-order valence-corrected chi connectivity index (χ1v) is 10.4. The summed E-state index contributed by atoms with van der Waals surface area (Å²) in [5, 5.41) is -0.724. The van der Waals surface area contributed by atoms with Gasteiger partial charge in [0.25, 0.3) is 0 Å². The van der Waals surface area contributed by atoms with E-state index in [-0.39, 0.29) is 17.5 Å². The van der Waals surface area contributed by atoms with E-state index in [0.29, 0.717) is 4.90 Å². The Bertz CT molecular complexity index is 921. The molecular weight excluding hydrogens is 366 g/mol. The number of hydrogen-bond acceptors (Lipinski definition) is 4. The molecule has 0 amide bonds. The lowest BCUT2D eigenvalue weighted by atomic mass is 9.99. The minimum absolute atomic E-state index is 0.177. The molecule has 4 nitrogen and oxygen atoms in total. The number of rotatable bonds is 6. The van der Waals surface area contributed by atoms with E-state index in [9.17, 15) is 8.42 Å². The van der Waals surface area contributed by atoms with Crippen molar-refractivity contribution in [1.29, 1.82) is 0 Å². The monoisotopic (exact) mass is 389 g/mol. The lowest BCUT2D eigenvalue weighted by Crippen LogP contribution is -2.33. The normalized spacial score (nSPS) is 25.0. The average Bonchev–Trinajstić information content (AvgIpc) is 3.27. The molecule has 0 heterocycles. The van der Waals surface area contributed by atoms with Gasteiger partial charge in [0.1, 0.15) is 0 Å². The minimum Gasteiger partial charge on any atom is -0.393 e. The number of thiocarbonyl (C=S) groups is 1. The van der Waals surface area contributed by atoms with Crippen LogP contribution in [-0.4, -0.2) is 32.4 Å². The Kier molecular flexibility index (Phi) is 4.94. The Hall–Kier alpha value is -1.76. The second-order valence-corrected chi connectivity index (χ2v) is 9.51. The molecule has 1 aliphatic rings. The smallest absolute Gasteiger partial charge is 0.182 e. The van der Waals surface area contributed by atoms with Gasteiger partial charge in [-0.3, -0.25) is 0 Å². The van der Waals surface area contributed by atoms with Gasteiger partial charge in [0.05, 0.1) is 27.2 Å². The SMILES string of the molecule is COC[C@@]1(C(N)=S)[C@H](S(=O)(=O)c2ccc(C)cc2)[C@@H]1c1ccc(C)cc1. The molecular formula is C20H23NO3S2. The number of benzene rings is 2. The summed E-state index contributed by atoms with van der Waals surface area (Å²) in [6.45, 7) is 4.09. The van der Waals surface area contributed by atoms with E-state index in [1.54, 1.807) is 31.4 Å². The molecule has 0 bridgehead atoms. The van der Waals surface area contributed by atoms with E-state index in [1.165, 1.54) is 0 Å². The average molecular weight is 390 g/mol. The van der Waals surface area contributed by atoms with Gasteiger partial charge in [-0.2, -0.15) is 0 Å². The second-order valence-electron chi connectivity index (χ2n) is 7.00. The molecule has 1 aliphatic carbocycles. The van der Waals surface area contributed by atoms with E-state index < -0.39 is 20.5 Å². The third-order valence-corrected chi connectivity index (χ3v) is 7.89. The fraction of sp³-hybridized carbons (Fsp3) is 0.350. The van der Waals surface area contributed by atoms with Crippen molar-refractivity contribution in [3.8, 4) is 0 Å². The van der Waals surface area contributed by atoms with Crippen LogP contribution in [0.25, 0.3) is 0 Å². The fourth-order valence-corrected chi connectivity index (χ4v) is 6.53. The fourth-order valence-electron chi connectivity index (χ4n) is 3.76. The Morgan fingerprint density at radius 2 is 1.58 bits per heavy atom. The largest absolute Gasteiger partial charge is 0.393 e. The third-order valence-electron chi connectivity index (χ3n) is 5.22. The molecule has 2 aromatic carbocycles. The highest BCUT2D eigenvalue weighted by Gasteiger charge is 2.73. The zero-order chi connectivity index (χ0) is 19.1. The van der Waals surface area contributed by atoms with E-state index in [1.807, 2.05) is 38.1 Å². The molecule has 3 atom stereocenters. The Labute approximate surface area is 160 Å². The summed E-state index contributed by atoms with van der Waals surface area (Å²) in [5.74, 6) is -0.313. The van der Waals surface area contributed by atoms with E-state index >= 15 is 0 Å². The van der Waals surface area contributed by atoms with Crippen LogP contribution in [0.1, 0.15) is 22.6 Å². The minimum atomic E-state index is -3.61. The summed E-state index contributed by atoms with van der Waals surface area (Å²) in [5.41, 5.74) is 8.20. The molecule has 0 radical (unpaired) electrons. The van der Waals surface area contributed by atoms with Crippen LogP contribution < -0.4 is 5.73 Å². The molecule has 2 N–H and O–H groups in total. The molecule has 0 saturated heterocycles. The maximum atomic E-state index is 13.4. The molecule has 138 valence electrons. The molecule has 2 aromatic rings. The molecule has 26 heavy (non-hydrogen) atoms. The number of sulfone groups is 1. The van der Waals surface area contributed by atoms with Crippen molar-refractivity contribution in [2.75, 3.05) is 13.7 Å². The standard InChI is InChI=1S/C20H23NO3S2/c1-13-4-8-15(9-5-13)17-18(20(17,12-24-3)19(21)25)26(22,23)16-10-6-14(2)7-11-16/h4-11,17-18H,12H2,1-3H3,(H2,21,25)/t17-,18+,20-/m0/s1. The highest BCUT2D eigenvalue weighted by molar-refractivity contribution is 7.92. The van der Waals surface area contributed by atoms with Crippen LogP contribution in [0.3, 0.4) is 0 Å². The van der Waals surface area contributed by atoms with Gasteiger partial charge in [-0.1, -0.05) is 59.7 Å². The molecule has 0 spiro atoms. The molecule has 0 unspecified atom stereocenters. The highest BCUT2D eigenvalue weighted by atomic mass is 32.2. The van der Waals surface area contributed by atoms with Crippen molar-refractivity contribution >= 4 is 27.0 Å². The van der Waals surface area contributed by atoms with Crippen molar-refractivity contribution in [1.82, 2.24) is 0 Å². The van der Waals surface area contributed by atoms with Gasteiger partial charge in [-0.15, -0.1) is 0 Å². The molecule has 0 aromatic heterocycles. The molecule has 1 saturated carbocycles. The van der Waals surface area contributed by atoms with Gasteiger partial charge in [0.2, 0.25) is 0 Å². The van der Waals surface area contributed by atoms with Crippen LogP contribution in [0, 0.1) is 19.3 Å². The lowest BCUT2D eigenvalue weighted by molar-refractivity contribution is 0.166. The Morgan fingerprint density at radius 3 is 2.04 bits per heavy atom. The topological polar surface area (TPSA) is 69.4 Å². The first-order chi connectivity index (χ1) is 12.2. The summed E-state index contributed by atoms with van der Waals surface area (Å²) in [7, 11) is -2.07. The maximum Gasteiger partial charge on any atom is 0.182 e. The predicted octanol–water partition coefficient (Wildman–Crippen LogP) is 3.16. The number of nitrogens with two attached hydrogens (primary N) is 1. The Balaban J connectivity index is 2.11. The van der Waals surface area contributed by atoms with Crippen LogP contribution in [0.5, 0.6) is 0 Å². The van der Waals surface area contributed by atoms with Crippen LogP contribution in [0.15, 0.2) is 53.4 Å². The highest BCUT2D eigenvalue weighted by Crippen LogP contribution is 2.64. The van der Waals surface area contributed by atoms with E-state index in [4.69, 9.17) is 22.7 Å². The predicted molar refractivity (Wildman–Crippen MR) is 107 cm³/mol. The number of aryl methyl sites for hydroxylation is 2. The van der Waals surface area contributed by atoms with Crippen LogP contribution in [0.2, 0.25) is 0 Å². The van der Waals surface area contributed by atoms with Gasteiger partial charge in [0, 0.05) is 13.0 Å². The van der Waals surface area contributed by atoms with Gasteiger partial charge in [-0.05, 0) is 31.5 Å². The first kappa shape index (κ1) is 19.0. The van der Waals surface area contributed by atoms with Gasteiger partial charge < -0.3 is 10.5 Å². The van der Waals surface area contributed by atoms with Crippen LogP contribution >= 0.6 is 12.2 Å². The van der Waals surface area contributed by atoms with Crippen LogP contribution in [-0.2, 0) is 14.6 Å². The van der Waals surface area contributed by atoms with Gasteiger partial charge in [-0.25, -0.2) is 8.42 Å². The molecule has 6 heteroatoms. The molecule has 1 fully saturated rings. The number of hydrogen-bond donors (Lipinski definition) is 1. The zero-order valence-corrected chi connectivity index (χ0v) is 16.7. The summed E-state index contributed by atoms with van der Waals surface area (Å²) >= 11 is 5.31. The maximum absolute atomic E-state index is 13.4. The van der Waals surface area contributed by atoms with Crippen molar-refractivity contribution in [3.63, 3.8) is 0 Å². The molecule has 3 rings (SSSR count). The van der Waals surface area contributed by atoms with E-state index in [2.05, 4.69) is 0 Å². The lowest BCUT2D eigenvalue weighted by Gasteiger charge is -2.16. The summed E-state index contributed by atoms with van der Waals surface area (Å²) < 4.78 is 32.1. The number of methoxy groups -OCH3 is 1. The van der Waals surface area contributed by atoms with Crippen LogP contribution in [0.4, 0.5) is 0 Å². The van der Waals surface area contributed by atoms with Crippen molar-refractivity contribution in [2.24, 2.45) is 11.1 Å². The van der Waals surface area contributed by atoms with Gasteiger partial charge in [0.15, 0.2) is 9.84 Å².